The monoisotopic (exact) mass is 306 g/mol. The van der Waals surface area contributed by atoms with Crippen LogP contribution in [0.4, 0.5) is 5.69 Å². The normalized spacial score (nSPS) is 10.8. The van der Waals surface area contributed by atoms with E-state index in [1.807, 2.05) is 30.3 Å². The number of aryl methyl sites for hydroxylation is 1. The molecule has 0 saturated heterocycles. The topological polar surface area (TPSA) is 42.7 Å². The first-order chi connectivity index (χ1) is 10.3. The number of benzene rings is 1. The Labute approximate surface area is 131 Å². The maximum absolute atomic E-state index is 5.93. The molecule has 4 nitrogen and oxygen atoms in total. The first kappa shape index (κ1) is 15.8. The molecule has 1 N–H and O–H groups in total. The highest BCUT2D eigenvalue weighted by molar-refractivity contribution is 6.28. The van der Waals surface area contributed by atoms with Crippen molar-refractivity contribution in [2.75, 3.05) is 5.43 Å². The van der Waals surface area contributed by atoms with Crippen molar-refractivity contribution in [2.45, 2.75) is 51.9 Å². The van der Waals surface area contributed by atoms with Gasteiger partial charge in [-0.3, -0.25) is 5.43 Å². The molecule has 1 aromatic heterocycles. The fraction of sp³-hybridized carbons (Fsp3) is 0.500. The molecule has 114 valence electrons. The molecule has 0 spiro atoms. The van der Waals surface area contributed by atoms with Gasteiger partial charge in [0.25, 0.3) is 0 Å². The second-order valence-electron chi connectivity index (χ2n) is 5.20. The highest BCUT2D eigenvalue weighted by atomic mass is 35.5. The Morgan fingerprint density at radius 1 is 1.05 bits per heavy atom. The minimum atomic E-state index is 0.291. The molecule has 0 bridgehead atoms. The van der Waals surface area contributed by atoms with Crippen LogP contribution in [-0.4, -0.2) is 14.9 Å². The molecular formula is C16H23ClN4. The average Bonchev–Trinajstić information content (AvgIpc) is 2.83. The summed E-state index contributed by atoms with van der Waals surface area (Å²) in [5.74, 6) is 0.888. The SMILES string of the molecule is CCCCCCCCc1nc(Cl)nn1Nc1ccccc1. The summed E-state index contributed by atoms with van der Waals surface area (Å²) < 4.78 is 0. The molecule has 0 aliphatic heterocycles. The molecule has 0 fully saturated rings. The van der Waals surface area contributed by atoms with Crippen LogP contribution in [0.3, 0.4) is 0 Å². The van der Waals surface area contributed by atoms with Crippen molar-refractivity contribution in [2.24, 2.45) is 0 Å². The van der Waals surface area contributed by atoms with Crippen molar-refractivity contribution in [3.05, 3.63) is 41.4 Å². The second kappa shape index (κ2) is 8.67. The van der Waals surface area contributed by atoms with Crippen LogP contribution < -0.4 is 5.43 Å². The summed E-state index contributed by atoms with van der Waals surface area (Å²) in [5.41, 5.74) is 4.19. The molecule has 2 rings (SSSR count). The van der Waals surface area contributed by atoms with Crippen molar-refractivity contribution >= 4 is 17.3 Å². The third kappa shape index (κ3) is 5.38. The molecular weight excluding hydrogens is 284 g/mol. The van der Waals surface area contributed by atoms with Crippen LogP contribution in [0.5, 0.6) is 0 Å². The van der Waals surface area contributed by atoms with Gasteiger partial charge in [0.1, 0.15) is 0 Å². The lowest BCUT2D eigenvalue weighted by molar-refractivity contribution is 0.591. The molecule has 0 aliphatic carbocycles. The van der Waals surface area contributed by atoms with Gasteiger partial charge in [-0.2, -0.15) is 9.77 Å². The Morgan fingerprint density at radius 3 is 2.52 bits per heavy atom. The number of unbranched alkanes of at least 4 members (excludes halogenated alkanes) is 5. The summed E-state index contributed by atoms with van der Waals surface area (Å²) >= 11 is 5.93. The number of hydrogen-bond acceptors (Lipinski definition) is 3. The van der Waals surface area contributed by atoms with E-state index >= 15 is 0 Å². The number of nitrogens with zero attached hydrogens (tertiary/aromatic N) is 3. The highest BCUT2D eigenvalue weighted by Crippen LogP contribution is 2.12. The first-order valence-electron chi connectivity index (χ1n) is 7.73. The largest absolute Gasteiger partial charge is 0.277 e. The zero-order valence-corrected chi connectivity index (χ0v) is 13.3. The minimum Gasteiger partial charge on any atom is -0.277 e. The summed E-state index contributed by atoms with van der Waals surface area (Å²) in [6, 6.07) is 9.92. The number of hydrogen-bond donors (Lipinski definition) is 1. The van der Waals surface area contributed by atoms with Crippen molar-refractivity contribution in [1.82, 2.24) is 14.9 Å². The van der Waals surface area contributed by atoms with Crippen LogP contribution in [-0.2, 0) is 6.42 Å². The van der Waals surface area contributed by atoms with Crippen LogP contribution in [0.1, 0.15) is 51.3 Å². The molecule has 0 unspecified atom stereocenters. The van der Waals surface area contributed by atoms with Gasteiger partial charge >= 0.3 is 0 Å². The molecule has 5 heteroatoms. The van der Waals surface area contributed by atoms with E-state index in [-0.39, 0.29) is 0 Å². The summed E-state index contributed by atoms with van der Waals surface area (Å²) in [5, 5.41) is 4.49. The molecule has 0 aliphatic rings. The molecule has 0 saturated carbocycles. The first-order valence-corrected chi connectivity index (χ1v) is 8.11. The standard InChI is InChI=1S/C16H23ClN4/c1-2-3-4-5-6-10-13-15-18-16(17)20-21(15)19-14-11-8-7-9-12-14/h7-9,11-12,19H,2-6,10,13H2,1H3. The molecule has 0 radical (unpaired) electrons. The van der Waals surface area contributed by atoms with E-state index in [1.54, 1.807) is 4.79 Å². The predicted molar refractivity (Wildman–Crippen MR) is 87.6 cm³/mol. The van der Waals surface area contributed by atoms with Crippen molar-refractivity contribution in [1.29, 1.82) is 0 Å². The molecule has 21 heavy (non-hydrogen) atoms. The fourth-order valence-electron chi connectivity index (χ4n) is 2.27. The van der Waals surface area contributed by atoms with Crippen LogP contribution in [0.15, 0.2) is 30.3 Å². The lowest BCUT2D eigenvalue weighted by atomic mass is 10.1. The van der Waals surface area contributed by atoms with E-state index < -0.39 is 0 Å². The molecule has 1 aromatic carbocycles. The summed E-state index contributed by atoms with van der Waals surface area (Å²) in [7, 11) is 0. The van der Waals surface area contributed by atoms with Gasteiger partial charge in [-0.25, -0.2) is 0 Å². The maximum Gasteiger partial charge on any atom is 0.244 e. The summed E-state index contributed by atoms with van der Waals surface area (Å²) in [4.78, 5) is 5.98. The quantitative estimate of drug-likeness (QED) is 0.682. The predicted octanol–water partition coefficient (Wildman–Crippen LogP) is 4.71. The van der Waals surface area contributed by atoms with Gasteiger partial charge in [0.05, 0.1) is 5.69 Å². The van der Waals surface area contributed by atoms with E-state index in [0.29, 0.717) is 5.28 Å². The Hall–Kier alpha value is -1.55. The van der Waals surface area contributed by atoms with Gasteiger partial charge in [-0.15, -0.1) is 5.10 Å². The lowest BCUT2D eigenvalue weighted by Gasteiger charge is -2.08. The molecule has 2 aromatic rings. The minimum absolute atomic E-state index is 0.291. The number of anilines is 1. The zero-order chi connectivity index (χ0) is 14.9. The number of rotatable bonds is 9. The maximum atomic E-state index is 5.93. The van der Waals surface area contributed by atoms with Gasteiger partial charge in [-0.1, -0.05) is 57.2 Å². The lowest BCUT2D eigenvalue weighted by Crippen LogP contribution is -2.14. The zero-order valence-electron chi connectivity index (χ0n) is 12.6. The van der Waals surface area contributed by atoms with Crippen LogP contribution in [0.25, 0.3) is 0 Å². The number of nitrogens with one attached hydrogen (secondary N) is 1. The van der Waals surface area contributed by atoms with Crippen molar-refractivity contribution in [3.8, 4) is 0 Å². The van der Waals surface area contributed by atoms with Crippen LogP contribution >= 0.6 is 11.6 Å². The van der Waals surface area contributed by atoms with E-state index in [4.69, 9.17) is 11.6 Å². The van der Waals surface area contributed by atoms with Gasteiger partial charge in [0.15, 0.2) is 5.82 Å². The number of halogens is 1. The van der Waals surface area contributed by atoms with E-state index in [9.17, 15) is 0 Å². The third-order valence-electron chi connectivity index (χ3n) is 3.41. The van der Waals surface area contributed by atoms with Gasteiger partial charge in [0.2, 0.25) is 5.28 Å². The van der Waals surface area contributed by atoms with Crippen LogP contribution in [0.2, 0.25) is 5.28 Å². The Morgan fingerprint density at radius 2 is 1.76 bits per heavy atom. The third-order valence-corrected chi connectivity index (χ3v) is 3.57. The van der Waals surface area contributed by atoms with E-state index in [1.165, 1.54) is 32.1 Å². The molecule has 1 heterocycles. The Bertz CT molecular complexity index is 524. The molecule has 0 amide bonds. The average molecular weight is 307 g/mol. The van der Waals surface area contributed by atoms with Gasteiger partial charge in [0, 0.05) is 6.42 Å². The number of aromatic nitrogens is 3. The Balaban J connectivity index is 1.85. The van der Waals surface area contributed by atoms with Crippen molar-refractivity contribution < 1.29 is 0 Å². The van der Waals surface area contributed by atoms with Crippen molar-refractivity contribution in [3.63, 3.8) is 0 Å². The van der Waals surface area contributed by atoms with E-state index in [2.05, 4.69) is 22.4 Å². The van der Waals surface area contributed by atoms with Gasteiger partial charge < -0.3 is 0 Å². The van der Waals surface area contributed by atoms with Gasteiger partial charge in [-0.05, 0) is 30.2 Å². The smallest absolute Gasteiger partial charge is 0.244 e. The summed E-state index contributed by atoms with van der Waals surface area (Å²) in [6.07, 6.45) is 8.48. The fourth-order valence-corrected chi connectivity index (χ4v) is 2.44. The summed E-state index contributed by atoms with van der Waals surface area (Å²) in [6.45, 7) is 2.24. The molecule has 0 atom stereocenters. The number of para-hydroxylation sites is 1. The van der Waals surface area contributed by atoms with Crippen LogP contribution in [0, 0.1) is 0 Å². The second-order valence-corrected chi connectivity index (χ2v) is 5.54. The highest BCUT2D eigenvalue weighted by Gasteiger charge is 2.08. The van der Waals surface area contributed by atoms with E-state index in [0.717, 1.165) is 24.4 Å². The Kier molecular flexibility index (Phi) is 6.54.